The monoisotopic (exact) mass is 491 g/mol. The predicted octanol–water partition coefficient (Wildman–Crippen LogP) is 3.60. The van der Waals surface area contributed by atoms with E-state index in [0.717, 1.165) is 23.6 Å². The summed E-state index contributed by atoms with van der Waals surface area (Å²) in [5.41, 5.74) is 2.32. The maximum Gasteiger partial charge on any atom is 0.240 e. The Morgan fingerprint density at radius 2 is 2.00 bits per heavy atom. The van der Waals surface area contributed by atoms with Crippen molar-refractivity contribution in [3.05, 3.63) is 65.7 Å². The smallest absolute Gasteiger partial charge is 0.240 e. The van der Waals surface area contributed by atoms with Crippen molar-refractivity contribution in [2.75, 3.05) is 25.6 Å². The molecule has 0 radical (unpaired) electrons. The molecule has 0 saturated heterocycles. The molecule has 35 heavy (non-hydrogen) atoms. The molecule has 180 valence electrons. The number of hydrogen-bond donors (Lipinski definition) is 1. The van der Waals surface area contributed by atoms with Crippen LogP contribution in [0.15, 0.2) is 53.2 Å². The fourth-order valence-electron chi connectivity index (χ4n) is 3.23. The number of nitrogens with zero attached hydrogens (tertiary/aromatic N) is 6. The summed E-state index contributed by atoms with van der Waals surface area (Å²) < 4.78 is 12.7. The Balaban J connectivity index is 0.000000431. The average Bonchev–Trinajstić information content (AvgIpc) is 3.52. The summed E-state index contributed by atoms with van der Waals surface area (Å²) in [5, 5.41) is 21.8. The van der Waals surface area contributed by atoms with E-state index >= 15 is 0 Å². The molecular formula is C24H25N7O3S. The number of carbonyl (C=O) groups is 1. The standard InChI is InChI=1S/C20H14N6O3.C4H11NS/c1-12-8-17(25-29-12)19-23-22-18-15-4-2-3-5-16(15)20(24-26(18)19)28-11-14-7-6-13(10-27)9-21-14;1-5-3-4-6-2/h2-10H,11H2,1H3;5H,3-4H2,1-2H3. The highest BCUT2D eigenvalue weighted by molar-refractivity contribution is 7.98. The van der Waals surface area contributed by atoms with Crippen LogP contribution >= 0.6 is 11.8 Å². The molecular weight excluding hydrogens is 466 g/mol. The Bertz CT molecular complexity index is 1410. The van der Waals surface area contributed by atoms with E-state index in [1.54, 1.807) is 29.6 Å². The summed E-state index contributed by atoms with van der Waals surface area (Å²) in [5.74, 6) is 2.76. The zero-order valence-corrected chi connectivity index (χ0v) is 20.5. The SMILES string of the molecule is CNCCSC.Cc1cc(-c2nnc3c4ccccc4c(OCc4ccc(C=O)cn4)nn23)no1. The van der Waals surface area contributed by atoms with Crippen LogP contribution in [0.25, 0.3) is 27.9 Å². The van der Waals surface area contributed by atoms with E-state index < -0.39 is 0 Å². The zero-order chi connectivity index (χ0) is 24.6. The molecule has 11 heteroatoms. The van der Waals surface area contributed by atoms with E-state index in [1.807, 2.05) is 43.1 Å². The molecule has 4 heterocycles. The van der Waals surface area contributed by atoms with Crippen LogP contribution in [0.2, 0.25) is 0 Å². The molecule has 0 aliphatic heterocycles. The van der Waals surface area contributed by atoms with E-state index in [1.165, 1.54) is 11.9 Å². The molecule has 0 atom stereocenters. The van der Waals surface area contributed by atoms with Gasteiger partial charge in [-0.1, -0.05) is 23.4 Å². The largest absolute Gasteiger partial charge is 0.470 e. The van der Waals surface area contributed by atoms with Crippen molar-refractivity contribution in [3.8, 4) is 17.4 Å². The van der Waals surface area contributed by atoms with Crippen LogP contribution in [0.3, 0.4) is 0 Å². The van der Waals surface area contributed by atoms with Gasteiger partial charge in [-0.15, -0.1) is 15.3 Å². The first-order chi connectivity index (χ1) is 17.1. The normalized spacial score (nSPS) is 10.8. The summed E-state index contributed by atoms with van der Waals surface area (Å²) in [6.45, 7) is 3.13. The second-order valence-electron chi connectivity index (χ2n) is 7.52. The number of thioether (sulfide) groups is 1. The van der Waals surface area contributed by atoms with E-state index in [0.29, 0.717) is 40.1 Å². The van der Waals surface area contributed by atoms with E-state index in [2.05, 4.69) is 37.0 Å². The Labute approximate surface area is 206 Å². The van der Waals surface area contributed by atoms with Gasteiger partial charge in [-0.3, -0.25) is 9.78 Å². The van der Waals surface area contributed by atoms with Crippen molar-refractivity contribution in [1.29, 1.82) is 0 Å². The number of nitrogens with one attached hydrogen (secondary N) is 1. The summed E-state index contributed by atoms with van der Waals surface area (Å²) in [7, 11) is 1.97. The number of aldehydes is 1. The number of rotatable bonds is 8. The van der Waals surface area contributed by atoms with Crippen molar-refractivity contribution < 1.29 is 14.1 Å². The number of aromatic nitrogens is 6. The van der Waals surface area contributed by atoms with Crippen LogP contribution in [0.1, 0.15) is 21.8 Å². The molecule has 0 saturated carbocycles. The van der Waals surface area contributed by atoms with Gasteiger partial charge in [0.25, 0.3) is 0 Å². The number of hydrogen-bond acceptors (Lipinski definition) is 10. The molecule has 0 aliphatic rings. The molecule has 0 unspecified atom stereocenters. The summed E-state index contributed by atoms with van der Waals surface area (Å²) >= 11 is 1.86. The third-order valence-electron chi connectivity index (χ3n) is 4.98. The Morgan fingerprint density at radius 3 is 2.63 bits per heavy atom. The fraction of sp³-hybridized carbons (Fsp3) is 0.250. The van der Waals surface area contributed by atoms with Crippen molar-refractivity contribution in [2.24, 2.45) is 0 Å². The molecule has 0 amide bonds. The lowest BCUT2D eigenvalue weighted by atomic mass is 10.2. The lowest BCUT2D eigenvalue weighted by molar-refractivity contribution is 0.112. The van der Waals surface area contributed by atoms with Crippen molar-refractivity contribution in [2.45, 2.75) is 13.5 Å². The van der Waals surface area contributed by atoms with E-state index in [4.69, 9.17) is 9.26 Å². The third kappa shape index (κ3) is 5.64. The molecule has 0 bridgehead atoms. The number of pyridine rings is 1. The van der Waals surface area contributed by atoms with Crippen molar-refractivity contribution >= 4 is 34.5 Å². The molecule has 5 aromatic rings. The van der Waals surface area contributed by atoms with Gasteiger partial charge in [0, 0.05) is 40.9 Å². The highest BCUT2D eigenvalue weighted by Crippen LogP contribution is 2.29. The molecule has 10 nitrogen and oxygen atoms in total. The predicted molar refractivity (Wildman–Crippen MR) is 135 cm³/mol. The molecule has 0 aliphatic carbocycles. The first kappa shape index (κ1) is 24.3. The molecule has 4 aromatic heterocycles. The van der Waals surface area contributed by atoms with Crippen molar-refractivity contribution in [1.82, 2.24) is 35.3 Å². The van der Waals surface area contributed by atoms with Gasteiger partial charge in [0.1, 0.15) is 12.4 Å². The highest BCUT2D eigenvalue weighted by atomic mass is 32.2. The van der Waals surface area contributed by atoms with Gasteiger partial charge in [0.15, 0.2) is 17.6 Å². The van der Waals surface area contributed by atoms with Crippen LogP contribution in [0.4, 0.5) is 0 Å². The van der Waals surface area contributed by atoms with Gasteiger partial charge in [0.05, 0.1) is 5.69 Å². The Morgan fingerprint density at radius 1 is 1.17 bits per heavy atom. The molecule has 1 N–H and O–H groups in total. The maximum atomic E-state index is 10.8. The minimum absolute atomic E-state index is 0.197. The quantitative estimate of drug-likeness (QED) is 0.255. The Kier molecular flexibility index (Phi) is 8.01. The lowest BCUT2D eigenvalue weighted by Gasteiger charge is -2.09. The fourth-order valence-corrected chi connectivity index (χ4v) is 3.64. The molecule has 5 rings (SSSR count). The van der Waals surface area contributed by atoms with Crippen LogP contribution in [0, 0.1) is 6.92 Å². The van der Waals surface area contributed by atoms with Gasteiger partial charge in [-0.05, 0) is 38.4 Å². The van der Waals surface area contributed by atoms with Gasteiger partial charge in [-0.25, -0.2) is 0 Å². The second kappa shape index (κ2) is 11.5. The summed E-state index contributed by atoms with van der Waals surface area (Å²) in [6.07, 6.45) is 4.36. The molecule has 0 fully saturated rings. The number of carbonyl (C=O) groups excluding carboxylic acids is 1. The first-order valence-electron chi connectivity index (χ1n) is 10.9. The maximum absolute atomic E-state index is 10.8. The van der Waals surface area contributed by atoms with E-state index in [-0.39, 0.29) is 6.61 Å². The number of aryl methyl sites for hydroxylation is 1. The topological polar surface area (TPSA) is 120 Å². The minimum atomic E-state index is 0.197. The van der Waals surface area contributed by atoms with Gasteiger partial charge < -0.3 is 14.6 Å². The number of ether oxygens (including phenoxy) is 1. The van der Waals surface area contributed by atoms with E-state index in [9.17, 15) is 4.79 Å². The zero-order valence-electron chi connectivity index (χ0n) is 19.6. The third-order valence-corrected chi connectivity index (χ3v) is 5.60. The molecule has 0 spiro atoms. The van der Waals surface area contributed by atoms with Crippen LogP contribution in [-0.2, 0) is 6.61 Å². The molecule has 1 aromatic carbocycles. The first-order valence-corrected chi connectivity index (χ1v) is 12.3. The van der Waals surface area contributed by atoms with Crippen molar-refractivity contribution in [3.63, 3.8) is 0 Å². The summed E-state index contributed by atoms with van der Waals surface area (Å²) in [4.78, 5) is 15.0. The van der Waals surface area contributed by atoms with Crippen LogP contribution in [0.5, 0.6) is 5.88 Å². The van der Waals surface area contributed by atoms with Crippen LogP contribution < -0.4 is 10.1 Å². The second-order valence-corrected chi connectivity index (χ2v) is 8.50. The van der Waals surface area contributed by atoms with Gasteiger partial charge in [0.2, 0.25) is 11.7 Å². The van der Waals surface area contributed by atoms with Gasteiger partial charge >= 0.3 is 0 Å². The summed E-state index contributed by atoms with van der Waals surface area (Å²) in [6, 6.07) is 12.9. The highest BCUT2D eigenvalue weighted by Gasteiger charge is 2.18. The average molecular weight is 492 g/mol. The minimum Gasteiger partial charge on any atom is -0.470 e. The van der Waals surface area contributed by atoms with Crippen LogP contribution in [-0.4, -0.2) is 61.8 Å². The van der Waals surface area contributed by atoms with Gasteiger partial charge in [-0.2, -0.15) is 16.3 Å². The Hall–Kier alpha value is -3.83. The number of fused-ring (bicyclic) bond motifs is 3. The lowest BCUT2D eigenvalue weighted by Crippen LogP contribution is -2.09. The number of benzene rings is 1.